The molecular weight excluding hydrogens is 821 g/mol. The van der Waals surface area contributed by atoms with Gasteiger partial charge in [-0.1, -0.05) is 195 Å². The van der Waals surface area contributed by atoms with Gasteiger partial charge in [0, 0.05) is 40.5 Å². The van der Waals surface area contributed by atoms with Gasteiger partial charge in [-0.15, -0.1) is 0 Å². The Kier molecular flexibility index (Phi) is 9.33. The molecule has 0 amide bonds. The second-order valence-corrected chi connectivity index (χ2v) is 18.1. The normalized spacial score (nSPS) is 14.8. The van der Waals surface area contributed by atoms with Crippen LogP contribution in [0.2, 0.25) is 0 Å². The van der Waals surface area contributed by atoms with Gasteiger partial charge in [0.2, 0.25) is 0 Å². The van der Waals surface area contributed by atoms with Gasteiger partial charge in [0.25, 0.3) is 0 Å². The molecule has 0 aromatic heterocycles. The van der Waals surface area contributed by atoms with Crippen LogP contribution in [0.15, 0.2) is 261 Å². The second kappa shape index (κ2) is 16.0. The first kappa shape index (κ1) is 39.6. The molecule has 68 heavy (non-hydrogen) atoms. The van der Waals surface area contributed by atoms with Crippen LogP contribution in [0.25, 0.3) is 60.9 Å². The van der Waals surface area contributed by atoms with Gasteiger partial charge in [0.05, 0.1) is 5.41 Å². The summed E-state index contributed by atoms with van der Waals surface area (Å²) in [6.07, 6.45) is 8.52. The predicted octanol–water partition coefficient (Wildman–Crippen LogP) is 17.3. The van der Waals surface area contributed by atoms with E-state index in [0.717, 1.165) is 57.2 Å². The van der Waals surface area contributed by atoms with Crippen LogP contribution in [0, 0.1) is 0 Å². The van der Waals surface area contributed by atoms with E-state index in [9.17, 15) is 0 Å². The molecule has 1 aliphatic heterocycles. The highest BCUT2D eigenvalue weighted by atomic mass is 15.1. The van der Waals surface area contributed by atoms with Crippen molar-refractivity contribution in [3.8, 4) is 44.5 Å². The van der Waals surface area contributed by atoms with E-state index in [4.69, 9.17) is 0 Å². The molecule has 0 saturated carbocycles. The van der Waals surface area contributed by atoms with Crippen LogP contribution in [0.5, 0.6) is 0 Å². The first-order valence-electron chi connectivity index (χ1n) is 23.6. The molecule has 2 aliphatic carbocycles. The summed E-state index contributed by atoms with van der Waals surface area (Å²) < 4.78 is 0. The monoisotopic (exact) mass is 866 g/mol. The van der Waals surface area contributed by atoms with Gasteiger partial charge in [0.1, 0.15) is 0 Å². The van der Waals surface area contributed by atoms with Crippen molar-refractivity contribution in [1.29, 1.82) is 0 Å². The van der Waals surface area contributed by atoms with Crippen LogP contribution in [0.3, 0.4) is 0 Å². The minimum absolute atomic E-state index is 0.445. The van der Waals surface area contributed by atoms with Crippen LogP contribution in [0.1, 0.15) is 27.8 Å². The molecule has 1 heterocycles. The van der Waals surface area contributed by atoms with E-state index in [1.165, 1.54) is 66.4 Å². The summed E-state index contributed by atoms with van der Waals surface area (Å²) in [5.41, 5.74) is 22.4. The molecule has 10 aromatic carbocycles. The molecule has 1 spiro atoms. The first-order chi connectivity index (χ1) is 33.6. The number of anilines is 5. The van der Waals surface area contributed by atoms with Crippen LogP contribution in [0.4, 0.5) is 28.4 Å². The highest BCUT2D eigenvalue weighted by Gasteiger charge is 2.51. The highest BCUT2D eigenvalue weighted by Crippen LogP contribution is 2.63. The topological polar surface area (TPSA) is 6.48 Å². The Hall–Kier alpha value is -8.72. The fraction of sp³-hybridized carbons (Fsp3) is 0.0303. The Balaban J connectivity index is 0.949. The Labute approximate surface area is 398 Å². The van der Waals surface area contributed by atoms with Crippen molar-refractivity contribution in [3.63, 3.8) is 0 Å². The lowest BCUT2D eigenvalue weighted by Gasteiger charge is -2.32. The van der Waals surface area contributed by atoms with E-state index in [2.05, 4.69) is 271 Å². The molecule has 2 nitrogen and oxygen atoms in total. The van der Waals surface area contributed by atoms with Gasteiger partial charge < -0.3 is 9.80 Å². The van der Waals surface area contributed by atoms with Gasteiger partial charge in [-0.3, -0.25) is 0 Å². The van der Waals surface area contributed by atoms with Gasteiger partial charge >= 0.3 is 0 Å². The van der Waals surface area contributed by atoms with Gasteiger partial charge in [-0.25, -0.2) is 0 Å². The van der Waals surface area contributed by atoms with E-state index in [-0.39, 0.29) is 0 Å². The van der Waals surface area contributed by atoms with Gasteiger partial charge in [0.15, 0.2) is 0 Å². The van der Waals surface area contributed by atoms with Crippen LogP contribution < -0.4 is 9.80 Å². The third-order valence-electron chi connectivity index (χ3n) is 14.4. The van der Waals surface area contributed by atoms with Crippen molar-refractivity contribution in [2.75, 3.05) is 16.3 Å². The van der Waals surface area contributed by atoms with Crippen LogP contribution in [-0.2, 0) is 5.41 Å². The minimum Gasteiger partial charge on any atom is -0.337 e. The van der Waals surface area contributed by atoms with Gasteiger partial charge in [-0.05, 0) is 150 Å². The fourth-order valence-electron chi connectivity index (χ4n) is 11.3. The van der Waals surface area contributed by atoms with Crippen molar-refractivity contribution in [2.45, 2.75) is 5.41 Å². The summed E-state index contributed by atoms with van der Waals surface area (Å²) in [5.74, 6) is 0. The number of hydrogen-bond acceptors (Lipinski definition) is 2. The standard InChI is InChI=1S/C66H46N2/c1-45-16-4-3-15-41-67(52-19-5-2-6-20-52)65-40-33-51(43-60(45)65)48-31-36-54(37-32-48)68(53-34-29-47(30-35-53)50-28-27-46-17-7-8-18-49(46)42-50)55-38-39-59-58-23-11-14-26-63(58)66(64(59)44-55)61-24-12-9-21-56(61)57-22-10-13-25-62(57)66/h2-40,42-44H,1,41H2/b15-3-,16-4-. The fourth-order valence-corrected chi connectivity index (χ4v) is 11.3. The lowest BCUT2D eigenvalue weighted by molar-refractivity contribution is 0.793. The molecular formula is C66H46N2. The van der Waals surface area contributed by atoms with E-state index in [1.54, 1.807) is 0 Å². The molecule has 0 unspecified atom stereocenters. The van der Waals surface area contributed by atoms with Crippen molar-refractivity contribution >= 4 is 44.8 Å². The molecule has 0 N–H and O–H groups in total. The van der Waals surface area contributed by atoms with Crippen LogP contribution in [-0.4, -0.2) is 6.54 Å². The quantitative estimate of drug-likeness (QED) is 0.164. The number of nitrogens with zero attached hydrogens (tertiary/aromatic N) is 2. The summed E-state index contributed by atoms with van der Waals surface area (Å²) in [6, 6.07) is 85.2. The van der Waals surface area contributed by atoms with E-state index < -0.39 is 5.41 Å². The maximum atomic E-state index is 4.54. The smallest absolute Gasteiger partial charge is 0.0726 e. The maximum Gasteiger partial charge on any atom is 0.0726 e. The Morgan fingerprint density at radius 3 is 1.54 bits per heavy atom. The summed E-state index contributed by atoms with van der Waals surface area (Å²) in [5, 5.41) is 2.49. The average Bonchev–Trinajstić information content (AvgIpc) is 3.89. The van der Waals surface area contributed by atoms with E-state index >= 15 is 0 Å². The molecule has 0 fully saturated rings. The molecule has 0 bridgehead atoms. The Morgan fingerprint density at radius 1 is 0.382 bits per heavy atom. The molecule has 3 aliphatic rings. The van der Waals surface area contributed by atoms with E-state index in [1.807, 2.05) is 0 Å². The predicted molar refractivity (Wildman–Crippen MR) is 287 cm³/mol. The zero-order chi connectivity index (χ0) is 45.2. The summed E-state index contributed by atoms with van der Waals surface area (Å²) in [4.78, 5) is 4.79. The molecule has 320 valence electrons. The maximum absolute atomic E-state index is 4.54. The average molecular weight is 867 g/mol. The zero-order valence-electron chi connectivity index (χ0n) is 37.6. The lowest BCUT2D eigenvalue weighted by atomic mass is 9.70. The number of allylic oxidation sites excluding steroid dienone is 4. The molecule has 13 rings (SSSR count). The SMILES string of the molecule is C=C1/C=C\C=C/CN(c2ccccc2)c2ccc(-c3ccc(N(c4ccc(-c5ccc6ccccc6c5)cc4)c4ccc5c(c4)C4(c6ccccc6-c6ccccc64)c4ccccc4-5)cc3)cc21. The largest absolute Gasteiger partial charge is 0.337 e. The number of fused-ring (bicyclic) bond motifs is 12. The van der Waals surface area contributed by atoms with Gasteiger partial charge in [-0.2, -0.15) is 0 Å². The summed E-state index contributed by atoms with van der Waals surface area (Å²) in [6.45, 7) is 5.30. The summed E-state index contributed by atoms with van der Waals surface area (Å²) in [7, 11) is 0. The molecule has 0 radical (unpaired) electrons. The Morgan fingerprint density at radius 2 is 0.897 bits per heavy atom. The van der Waals surface area contributed by atoms with Crippen molar-refractivity contribution < 1.29 is 0 Å². The highest BCUT2D eigenvalue weighted by molar-refractivity contribution is 5.97. The molecule has 0 saturated heterocycles. The van der Waals surface area contributed by atoms with Crippen molar-refractivity contribution in [3.05, 3.63) is 289 Å². The molecule has 10 aromatic rings. The van der Waals surface area contributed by atoms with Crippen molar-refractivity contribution in [2.24, 2.45) is 0 Å². The third kappa shape index (κ3) is 6.26. The molecule has 2 heteroatoms. The van der Waals surface area contributed by atoms with Crippen molar-refractivity contribution in [1.82, 2.24) is 0 Å². The van der Waals surface area contributed by atoms with Crippen LogP contribution >= 0.6 is 0 Å². The minimum atomic E-state index is -0.445. The summed E-state index contributed by atoms with van der Waals surface area (Å²) >= 11 is 0. The zero-order valence-corrected chi connectivity index (χ0v) is 37.6. The number of para-hydroxylation sites is 1. The number of hydrogen-bond donors (Lipinski definition) is 0. The molecule has 0 atom stereocenters. The second-order valence-electron chi connectivity index (χ2n) is 18.1. The number of benzene rings is 10. The third-order valence-corrected chi connectivity index (χ3v) is 14.4. The number of rotatable bonds is 6. The first-order valence-corrected chi connectivity index (χ1v) is 23.6. The lowest BCUT2D eigenvalue weighted by Crippen LogP contribution is -2.26. The Bertz CT molecular complexity index is 3610. The van der Waals surface area contributed by atoms with E-state index in [0.29, 0.717) is 0 Å².